The van der Waals surface area contributed by atoms with Gasteiger partial charge < -0.3 is 10.2 Å². The number of hydrogen-bond acceptors (Lipinski definition) is 3. The Morgan fingerprint density at radius 3 is 2.59 bits per heavy atom. The van der Waals surface area contributed by atoms with Crippen molar-refractivity contribution in [3.63, 3.8) is 0 Å². The highest BCUT2D eigenvalue weighted by atomic mass is 32.2. The third kappa shape index (κ3) is 3.85. The molecule has 0 fully saturated rings. The number of nitrogens with one attached hydrogen (secondary N) is 1. The third-order valence-electron chi connectivity index (χ3n) is 4.93. The first-order chi connectivity index (χ1) is 12.9. The number of rotatable bonds is 5. The minimum atomic E-state index is -3.51. The quantitative estimate of drug-likeness (QED) is 0.770. The van der Waals surface area contributed by atoms with Crippen LogP contribution in [-0.2, 0) is 16.4 Å². The minimum Gasteiger partial charge on any atom is -0.332 e. The van der Waals surface area contributed by atoms with Crippen LogP contribution in [0.1, 0.15) is 25.0 Å². The summed E-state index contributed by atoms with van der Waals surface area (Å²) in [6, 6.07) is 13.4. The number of fused-ring (bicyclic) bond motifs is 1. The van der Waals surface area contributed by atoms with Crippen LogP contribution in [0.4, 0.5) is 11.4 Å². The van der Waals surface area contributed by atoms with Crippen LogP contribution >= 0.6 is 12.2 Å². The minimum absolute atomic E-state index is 0.281. The van der Waals surface area contributed by atoms with Gasteiger partial charge >= 0.3 is 0 Å². The average Bonchev–Trinajstić information content (AvgIpc) is 3.08. The normalized spacial score (nSPS) is 13.7. The van der Waals surface area contributed by atoms with Crippen LogP contribution in [0.15, 0.2) is 47.4 Å². The molecule has 2 aromatic carbocycles. The lowest BCUT2D eigenvalue weighted by molar-refractivity contribution is 0.445. The van der Waals surface area contributed by atoms with Crippen LogP contribution in [0.5, 0.6) is 0 Å². The summed E-state index contributed by atoms with van der Waals surface area (Å²) in [5.41, 5.74) is 4.05. The molecule has 1 aliphatic rings. The van der Waals surface area contributed by atoms with Crippen molar-refractivity contribution >= 4 is 38.7 Å². The molecular formula is C20H25N3O2S2. The monoisotopic (exact) mass is 403 g/mol. The van der Waals surface area contributed by atoms with Gasteiger partial charge in [0.1, 0.15) is 0 Å². The summed E-state index contributed by atoms with van der Waals surface area (Å²) in [7, 11) is -3.51. The Morgan fingerprint density at radius 1 is 1.19 bits per heavy atom. The van der Waals surface area contributed by atoms with E-state index in [9.17, 15) is 8.42 Å². The van der Waals surface area contributed by atoms with Crippen molar-refractivity contribution in [3.05, 3.63) is 53.6 Å². The van der Waals surface area contributed by atoms with Gasteiger partial charge in [0, 0.05) is 31.0 Å². The maximum absolute atomic E-state index is 12.8. The lowest BCUT2D eigenvalue weighted by atomic mass is 10.2. The van der Waals surface area contributed by atoms with Gasteiger partial charge in [0.25, 0.3) is 0 Å². The van der Waals surface area contributed by atoms with E-state index in [0.717, 1.165) is 29.9 Å². The van der Waals surface area contributed by atoms with Gasteiger partial charge in [-0.3, -0.25) is 0 Å². The van der Waals surface area contributed by atoms with Crippen molar-refractivity contribution in [2.75, 3.05) is 29.9 Å². The summed E-state index contributed by atoms with van der Waals surface area (Å²) < 4.78 is 27.1. The molecule has 1 N–H and O–H groups in total. The summed E-state index contributed by atoms with van der Waals surface area (Å²) in [4.78, 5) is 2.35. The Hall–Kier alpha value is -1.96. The van der Waals surface area contributed by atoms with E-state index in [-0.39, 0.29) is 4.90 Å². The Kier molecular flexibility index (Phi) is 5.83. The molecule has 0 bridgehead atoms. The molecular weight excluding hydrogens is 378 g/mol. The number of benzene rings is 2. The lowest BCUT2D eigenvalue weighted by Crippen LogP contribution is -2.33. The maximum atomic E-state index is 12.8. The molecule has 0 aliphatic carbocycles. The van der Waals surface area contributed by atoms with Crippen molar-refractivity contribution < 1.29 is 8.42 Å². The first kappa shape index (κ1) is 19.8. The highest BCUT2D eigenvalue weighted by Crippen LogP contribution is 2.29. The number of aryl methyl sites for hydroxylation is 1. The third-order valence-corrected chi connectivity index (χ3v) is 7.29. The molecule has 7 heteroatoms. The zero-order valence-corrected chi connectivity index (χ0v) is 17.5. The molecule has 0 atom stereocenters. The van der Waals surface area contributed by atoms with E-state index in [0.29, 0.717) is 18.2 Å². The molecule has 0 unspecified atom stereocenters. The van der Waals surface area contributed by atoms with E-state index in [1.165, 1.54) is 9.87 Å². The molecule has 27 heavy (non-hydrogen) atoms. The van der Waals surface area contributed by atoms with E-state index in [1.54, 1.807) is 12.1 Å². The predicted octanol–water partition coefficient (Wildman–Crippen LogP) is 3.79. The number of sulfonamides is 1. The summed E-state index contributed by atoms with van der Waals surface area (Å²) >= 11 is 5.62. The smallest absolute Gasteiger partial charge is 0.243 e. The van der Waals surface area contributed by atoms with E-state index in [4.69, 9.17) is 12.2 Å². The molecule has 5 nitrogen and oxygen atoms in total. The van der Waals surface area contributed by atoms with E-state index in [1.807, 2.05) is 39.0 Å². The van der Waals surface area contributed by atoms with Crippen molar-refractivity contribution in [2.24, 2.45) is 0 Å². The van der Waals surface area contributed by atoms with Crippen molar-refractivity contribution in [2.45, 2.75) is 32.1 Å². The number of thiocarbonyl (C=S) groups is 1. The first-order valence-corrected chi connectivity index (χ1v) is 11.0. The van der Waals surface area contributed by atoms with Gasteiger partial charge in [0.2, 0.25) is 10.0 Å². The number of anilines is 2. The SMILES string of the molecule is CCN(CC)S(=O)(=O)c1ccc(C)c(NC(=S)N2CCc3ccccc32)c1. The largest absolute Gasteiger partial charge is 0.332 e. The van der Waals surface area contributed by atoms with Gasteiger partial charge in [-0.15, -0.1) is 0 Å². The molecule has 144 valence electrons. The van der Waals surface area contributed by atoms with Crippen LogP contribution < -0.4 is 10.2 Å². The van der Waals surface area contributed by atoms with E-state index >= 15 is 0 Å². The van der Waals surface area contributed by atoms with Gasteiger partial charge in [0.05, 0.1) is 4.90 Å². The van der Waals surface area contributed by atoms with Crippen LogP contribution in [0.25, 0.3) is 0 Å². The fourth-order valence-corrected chi connectivity index (χ4v) is 5.13. The molecule has 1 heterocycles. The van der Waals surface area contributed by atoms with Crippen LogP contribution in [0.3, 0.4) is 0 Å². The zero-order valence-electron chi connectivity index (χ0n) is 15.9. The number of nitrogens with zero attached hydrogens (tertiary/aromatic N) is 2. The van der Waals surface area contributed by atoms with Gasteiger partial charge in [0.15, 0.2) is 5.11 Å². The van der Waals surface area contributed by atoms with E-state index < -0.39 is 10.0 Å². The first-order valence-electron chi connectivity index (χ1n) is 9.15. The standard InChI is InChI=1S/C20H25N3O2S2/c1-4-22(5-2)27(24,25)17-11-10-15(3)18(14-17)21-20(26)23-13-12-16-8-6-7-9-19(16)23/h6-11,14H,4-5,12-13H2,1-3H3,(H,21,26). The van der Waals surface area contributed by atoms with Gasteiger partial charge in [-0.05, 0) is 54.9 Å². The van der Waals surface area contributed by atoms with Gasteiger partial charge in [-0.1, -0.05) is 38.1 Å². The van der Waals surface area contributed by atoms with Gasteiger partial charge in [-0.2, -0.15) is 4.31 Å². The predicted molar refractivity (Wildman–Crippen MR) is 115 cm³/mol. The van der Waals surface area contributed by atoms with Gasteiger partial charge in [-0.25, -0.2) is 8.42 Å². The van der Waals surface area contributed by atoms with Crippen molar-refractivity contribution in [3.8, 4) is 0 Å². The molecule has 2 aromatic rings. The van der Waals surface area contributed by atoms with Crippen molar-refractivity contribution in [1.29, 1.82) is 0 Å². The van der Waals surface area contributed by atoms with E-state index in [2.05, 4.69) is 22.3 Å². The molecule has 0 aromatic heterocycles. The molecule has 0 spiro atoms. The summed E-state index contributed by atoms with van der Waals surface area (Å²) in [5.74, 6) is 0. The topological polar surface area (TPSA) is 52.7 Å². The Balaban J connectivity index is 1.87. The fraction of sp³-hybridized carbons (Fsp3) is 0.350. The molecule has 0 saturated heterocycles. The second-order valence-corrected chi connectivity index (χ2v) is 8.85. The average molecular weight is 404 g/mol. The fourth-order valence-electron chi connectivity index (χ4n) is 3.34. The Bertz CT molecular complexity index is 953. The zero-order chi connectivity index (χ0) is 19.6. The second kappa shape index (κ2) is 7.96. The molecule has 0 radical (unpaired) electrons. The number of para-hydroxylation sites is 1. The highest BCUT2D eigenvalue weighted by Gasteiger charge is 2.24. The van der Waals surface area contributed by atoms with Crippen LogP contribution in [0.2, 0.25) is 0 Å². The van der Waals surface area contributed by atoms with Crippen LogP contribution in [0, 0.1) is 6.92 Å². The maximum Gasteiger partial charge on any atom is 0.243 e. The lowest BCUT2D eigenvalue weighted by Gasteiger charge is -2.23. The summed E-state index contributed by atoms with van der Waals surface area (Å²) in [6.07, 6.45) is 0.952. The molecule has 3 rings (SSSR count). The summed E-state index contributed by atoms with van der Waals surface area (Å²) in [6.45, 7) is 7.33. The second-order valence-electron chi connectivity index (χ2n) is 6.53. The molecule has 1 aliphatic heterocycles. The summed E-state index contributed by atoms with van der Waals surface area (Å²) in [5, 5.41) is 3.84. The Labute approximate surface area is 167 Å². The number of hydrogen-bond donors (Lipinski definition) is 1. The highest BCUT2D eigenvalue weighted by molar-refractivity contribution is 7.89. The molecule has 0 amide bonds. The van der Waals surface area contributed by atoms with Crippen molar-refractivity contribution in [1.82, 2.24) is 4.31 Å². The molecule has 0 saturated carbocycles. The van der Waals surface area contributed by atoms with Crippen LogP contribution in [-0.4, -0.2) is 37.5 Å². The Morgan fingerprint density at radius 2 is 1.89 bits per heavy atom.